The van der Waals surface area contributed by atoms with Gasteiger partial charge in [-0.15, -0.1) is 0 Å². The highest BCUT2D eigenvalue weighted by atomic mass is 16.5. The van der Waals surface area contributed by atoms with Gasteiger partial charge in [-0.1, -0.05) is 6.07 Å². The van der Waals surface area contributed by atoms with Gasteiger partial charge in [0.1, 0.15) is 11.3 Å². The van der Waals surface area contributed by atoms with Gasteiger partial charge in [0.2, 0.25) is 0 Å². The van der Waals surface area contributed by atoms with Crippen molar-refractivity contribution in [3.63, 3.8) is 0 Å². The average molecular weight is 299 g/mol. The predicted octanol–water partition coefficient (Wildman–Crippen LogP) is 2.44. The molecule has 1 aromatic carbocycles. The molecule has 0 spiro atoms. The number of nitrogens with zero attached hydrogens (tertiary/aromatic N) is 3. The van der Waals surface area contributed by atoms with Crippen molar-refractivity contribution in [3.05, 3.63) is 28.8 Å². The third-order valence-corrected chi connectivity index (χ3v) is 5.03. The average Bonchev–Trinajstić information content (AvgIpc) is 2.68. The Bertz CT molecular complexity index is 599. The predicted molar refractivity (Wildman–Crippen MR) is 87.0 cm³/mol. The minimum absolute atomic E-state index is 0.537. The summed E-state index contributed by atoms with van der Waals surface area (Å²) in [5.41, 5.74) is 2.94. The molecule has 2 aliphatic heterocycles. The molecule has 1 atom stereocenters. The quantitative estimate of drug-likeness (QED) is 0.798. The maximum absolute atomic E-state index is 10.2. The second kappa shape index (κ2) is 5.91. The largest absolute Gasteiger partial charge is 0.493 e. The van der Waals surface area contributed by atoms with E-state index in [0.717, 1.165) is 50.3 Å². The topological polar surface area (TPSA) is 39.5 Å². The van der Waals surface area contributed by atoms with Gasteiger partial charge in [-0.05, 0) is 50.9 Å². The van der Waals surface area contributed by atoms with Gasteiger partial charge in [0.15, 0.2) is 0 Å². The molecule has 0 saturated carbocycles. The molecule has 0 aromatic heterocycles. The summed E-state index contributed by atoms with van der Waals surface area (Å²) < 4.78 is 5.99. The molecule has 0 radical (unpaired) electrons. The first-order valence-corrected chi connectivity index (χ1v) is 8.16. The maximum atomic E-state index is 10.2. The zero-order valence-electron chi connectivity index (χ0n) is 13.9. The van der Waals surface area contributed by atoms with E-state index < -0.39 is 5.54 Å². The first-order valence-electron chi connectivity index (χ1n) is 8.16. The molecule has 4 nitrogen and oxygen atoms in total. The first-order chi connectivity index (χ1) is 10.6. The number of aryl methyl sites for hydroxylation is 2. The summed E-state index contributed by atoms with van der Waals surface area (Å²) in [5, 5.41) is 10.2. The Morgan fingerprint density at radius 3 is 2.59 bits per heavy atom. The molecule has 1 unspecified atom stereocenters. The number of hydrogen-bond donors (Lipinski definition) is 0. The Labute approximate surface area is 133 Å². The molecule has 3 rings (SSSR count). The van der Waals surface area contributed by atoms with Crippen LogP contribution in [0.5, 0.6) is 5.75 Å². The second-order valence-corrected chi connectivity index (χ2v) is 6.67. The van der Waals surface area contributed by atoms with Crippen LogP contribution < -0.4 is 4.74 Å². The Hall–Kier alpha value is -1.57. The van der Waals surface area contributed by atoms with E-state index in [1.807, 2.05) is 0 Å². The van der Waals surface area contributed by atoms with Crippen LogP contribution in [0.3, 0.4) is 0 Å². The number of benzene rings is 1. The van der Waals surface area contributed by atoms with Crippen LogP contribution in [0.2, 0.25) is 0 Å². The molecular formula is C18H25N3O. The zero-order valence-corrected chi connectivity index (χ0v) is 13.9. The molecule has 1 aromatic rings. The van der Waals surface area contributed by atoms with Crippen LogP contribution in [0.15, 0.2) is 12.1 Å². The summed E-state index contributed by atoms with van der Waals surface area (Å²) in [7, 11) is 2.15. The number of likely N-dealkylation sites (N-methyl/N-ethyl adjacent to an activating group) is 1. The fourth-order valence-corrected chi connectivity index (χ4v) is 3.89. The first kappa shape index (κ1) is 15.3. The van der Waals surface area contributed by atoms with Gasteiger partial charge in [-0.3, -0.25) is 4.90 Å². The third kappa shape index (κ3) is 2.49. The zero-order chi connectivity index (χ0) is 15.7. The molecule has 0 amide bonds. The number of nitriles is 1. The van der Waals surface area contributed by atoms with E-state index in [-0.39, 0.29) is 0 Å². The lowest BCUT2D eigenvalue weighted by Gasteiger charge is -2.43. The Morgan fingerprint density at radius 2 is 1.91 bits per heavy atom. The van der Waals surface area contributed by atoms with Gasteiger partial charge in [0.25, 0.3) is 0 Å². The van der Waals surface area contributed by atoms with Crippen molar-refractivity contribution in [1.82, 2.24) is 9.80 Å². The molecule has 1 saturated heterocycles. The smallest absolute Gasteiger partial charge is 0.138 e. The van der Waals surface area contributed by atoms with Crippen molar-refractivity contribution in [1.29, 1.82) is 5.26 Å². The van der Waals surface area contributed by atoms with Gasteiger partial charge in [0.05, 0.1) is 12.7 Å². The van der Waals surface area contributed by atoms with Crippen LogP contribution in [-0.4, -0.2) is 49.6 Å². The highest BCUT2D eigenvalue weighted by Crippen LogP contribution is 2.43. The number of piperazine rings is 1. The van der Waals surface area contributed by atoms with Gasteiger partial charge in [-0.2, -0.15) is 5.26 Å². The lowest BCUT2D eigenvalue weighted by atomic mass is 9.81. The summed E-state index contributed by atoms with van der Waals surface area (Å²) in [4.78, 5) is 4.71. The summed E-state index contributed by atoms with van der Waals surface area (Å²) in [5.74, 6) is 0.912. The van der Waals surface area contributed by atoms with E-state index in [9.17, 15) is 5.26 Å². The van der Waals surface area contributed by atoms with Crippen LogP contribution in [0.25, 0.3) is 0 Å². The molecule has 118 valence electrons. The fraction of sp³-hybridized carbons (Fsp3) is 0.611. The van der Waals surface area contributed by atoms with Gasteiger partial charge in [0, 0.05) is 31.7 Å². The summed E-state index contributed by atoms with van der Waals surface area (Å²) in [6, 6.07) is 6.96. The van der Waals surface area contributed by atoms with E-state index >= 15 is 0 Å². The van der Waals surface area contributed by atoms with E-state index in [0.29, 0.717) is 6.61 Å². The monoisotopic (exact) mass is 299 g/mol. The molecule has 22 heavy (non-hydrogen) atoms. The lowest BCUT2D eigenvalue weighted by Crippen LogP contribution is -2.54. The van der Waals surface area contributed by atoms with Crippen molar-refractivity contribution >= 4 is 0 Å². The maximum Gasteiger partial charge on any atom is 0.138 e. The summed E-state index contributed by atoms with van der Waals surface area (Å²) >= 11 is 0. The van der Waals surface area contributed by atoms with E-state index in [2.05, 4.69) is 48.9 Å². The number of ether oxygens (including phenoxy) is 1. The molecular weight excluding hydrogens is 274 g/mol. The summed E-state index contributed by atoms with van der Waals surface area (Å²) in [6.45, 7) is 8.82. The minimum Gasteiger partial charge on any atom is -0.493 e. The highest BCUT2D eigenvalue weighted by Gasteiger charge is 2.44. The summed E-state index contributed by atoms with van der Waals surface area (Å²) in [6.07, 6.45) is 1.77. The molecule has 2 aliphatic rings. The number of rotatable bonds is 1. The minimum atomic E-state index is -0.537. The van der Waals surface area contributed by atoms with E-state index in [4.69, 9.17) is 4.74 Å². The Kier molecular flexibility index (Phi) is 4.12. The van der Waals surface area contributed by atoms with Crippen LogP contribution in [0.1, 0.15) is 29.5 Å². The van der Waals surface area contributed by atoms with Crippen molar-refractivity contribution in [2.45, 2.75) is 32.2 Å². The van der Waals surface area contributed by atoms with E-state index in [1.54, 1.807) is 0 Å². The van der Waals surface area contributed by atoms with Crippen molar-refractivity contribution in [2.24, 2.45) is 0 Å². The number of hydrogen-bond acceptors (Lipinski definition) is 4. The molecule has 0 bridgehead atoms. The molecule has 0 N–H and O–H groups in total. The SMILES string of the molecule is Cc1cc(C)c2c(c1)OCCCC2(C#N)N1CCN(C)CC1. The second-order valence-electron chi connectivity index (χ2n) is 6.67. The molecule has 1 fully saturated rings. The fourth-order valence-electron chi connectivity index (χ4n) is 3.89. The molecule has 4 heteroatoms. The lowest BCUT2D eigenvalue weighted by molar-refractivity contribution is 0.0663. The standard InChI is InChI=1S/C18H25N3O/c1-14-11-15(2)17-16(12-14)22-10-4-5-18(17,13-19)21-8-6-20(3)7-9-21/h11-12H,4-10H2,1-3H3. The Morgan fingerprint density at radius 1 is 1.18 bits per heavy atom. The van der Waals surface area contributed by atoms with Crippen molar-refractivity contribution in [3.8, 4) is 11.8 Å². The van der Waals surface area contributed by atoms with Gasteiger partial charge >= 0.3 is 0 Å². The van der Waals surface area contributed by atoms with Gasteiger partial charge < -0.3 is 9.64 Å². The van der Waals surface area contributed by atoms with Crippen LogP contribution in [-0.2, 0) is 5.54 Å². The molecule has 0 aliphatic carbocycles. The van der Waals surface area contributed by atoms with Crippen LogP contribution in [0, 0.1) is 25.2 Å². The highest BCUT2D eigenvalue weighted by molar-refractivity contribution is 5.51. The van der Waals surface area contributed by atoms with E-state index in [1.165, 1.54) is 11.1 Å². The third-order valence-electron chi connectivity index (χ3n) is 5.03. The normalized spacial score (nSPS) is 26.6. The van der Waals surface area contributed by atoms with Gasteiger partial charge in [-0.25, -0.2) is 0 Å². The number of fused-ring (bicyclic) bond motifs is 1. The van der Waals surface area contributed by atoms with Crippen LogP contribution in [0.4, 0.5) is 0 Å². The molecule has 2 heterocycles. The van der Waals surface area contributed by atoms with Crippen molar-refractivity contribution < 1.29 is 4.74 Å². The Balaban J connectivity index is 2.10. The van der Waals surface area contributed by atoms with Crippen molar-refractivity contribution in [2.75, 3.05) is 39.8 Å². The van der Waals surface area contributed by atoms with Crippen LogP contribution >= 0.6 is 0 Å².